The summed E-state index contributed by atoms with van der Waals surface area (Å²) in [6.07, 6.45) is 1.94. The molecule has 1 aliphatic rings. The van der Waals surface area contributed by atoms with E-state index in [0.29, 0.717) is 6.42 Å². The van der Waals surface area contributed by atoms with Gasteiger partial charge >= 0.3 is 0 Å². The van der Waals surface area contributed by atoms with E-state index in [9.17, 15) is 13.2 Å². The van der Waals surface area contributed by atoms with Crippen LogP contribution in [0.25, 0.3) is 0 Å². The van der Waals surface area contributed by atoms with Gasteiger partial charge in [0.1, 0.15) is 5.15 Å². The van der Waals surface area contributed by atoms with E-state index in [1.807, 2.05) is 0 Å². The smallest absolute Gasteiger partial charge is 0.254 e. The van der Waals surface area contributed by atoms with Gasteiger partial charge in [0.15, 0.2) is 9.84 Å². The largest absolute Gasteiger partial charge is 0.348 e. The minimum absolute atomic E-state index is 0.00335. The van der Waals surface area contributed by atoms with Gasteiger partial charge < -0.3 is 5.32 Å². The first-order chi connectivity index (χ1) is 7.98. The summed E-state index contributed by atoms with van der Waals surface area (Å²) in [4.78, 5) is 15.6. The molecule has 1 saturated heterocycles. The molecule has 1 aromatic heterocycles. The highest BCUT2D eigenvalue weighted by molar-refractivity contribution is 7.91. The lowest BCUT2D eigenvalue weighted by molar-refractivity contribution is 0.0941. The molecular weight excluding hydrogens is 264 g/mol. The Balaban J connectivity index is 2.06. The third-order valence-electron chi connectivity index (χ3n) is 2.57. The minimum Gasteiger partial charge on any atom is -0.348 e. The Hall–Kier alpha value is -1.14. The highest BCUT2D eigenvalue weighted by atomic mass is 35.5. The number of nitrogens with zero attached hydrogens (tertiary/aromatic N) is 1. The number of halogens is 1. The standard InChI is InChI=1S/C10H11ClN2O3S/c11-9-8(2-1-4-12-9)10(14)13-7-3-5-17(15,16)6-7/h1-2,4,7H,3,5-6H2,(H,13,14)/t7-/m1/s1. The fourth-order valence-electron chi connectivity index (χ4n) is 1.73. The van der Waals surface area contributed by atoms with E-state index in [0.717, 1.165) is 0 Å². The van der Waals surface area contributed by atoms with Crippen LogP contribution in [0.4, 0.5) is 0 Å². The van der Waals surface area contributed by atoms with Crippen LogP contribution in [-0.2, 0) is 9.84 Å². The normalized spacial score (nSPS) is 22.3. The number of rotatable bonds is 2. The van der Waals surface area contributed by atoms with Crippen molar-refractivity contribution in [2.45, 2.75) is 12.5 Å². The van der Waals surface area contributed by atoms with Crippen molar-refractivity contribution in [1.29, 1.82) is 0 Å². The first kappa shape index (κ1) is 12.3. The van der Waals surface area contributed by atoms with Crippen molar-refractivity contribution >= 4 is 27.3 Å². The Morgan fingerprint density at radius 2 is 2.29 bits per heavy atom. The van der Waals surface area contributed by atoms with Crippen LogP contribution in [-0.4, -0.2) is 36.9 Å². The number of hydrogen-bond donors (Lipinski definition) is 1. The van der Waals surface area contributed by atoms with Crippen LogP contribution in [0, 0.1) is 0 Å². The van der Waals surface area contributed by atoms with Crippen LogP contribution < -0.4 is 5.32 Å². The molecule has 0 bridgehead atoms. The molecular formula is C10H11ClN2O3S. The predicted molar refractivity (Wildman–Crippen MR) is 63.8 cm³/mol. The highest BCUT2D eigenvalue weighted by Crippen LogP contribution is 2.15. The van der Waals surface area contributed by atoms with Gasteiger partial charge in [-0.05, 0) is 18.6 Å². The maximum Gasteiger partial charge on any atom is 0.254 e. The van der Waals surface area contributed by atoms with Crippen LogP contribution in [0.2, 0.25) is 5.15 Å². The third kappa shape index (κ3) is 2.95. The summed E-state index contributed by atoms with van der Waals surface area (Å²) in [6.45, 7) is 0. The van der Waals surface area contributed by atoms with Gasteiger partial charge in [-0.25, -0.2) is 13.4 Å². The Labute approximate surface area is 104 Å². The predicted octanol–water partition coefficient (Wildman–Crippen LogP) is 0.652. The summed E-state index contributed by atoms with van der Waals surface area (Å²) >= 11 is 5.77. The number of nitrogens with one attached hydrogen (secondary N) is 1. The molecule has 0 radical (unpaired) electrons. The molecule has 2 heterocycles. The molecule has 0 spiro atoms. The number of carbonyl (C=O) groups is 1. The molecule has 7 heteroatoms. The van der Waals surface area contributed by atoms with E-state index in [1.54, 1.807) is 12.1 Å². The van der Waals surface area contributed by atoms with Gasteiger partial charge in [-0.3, -0.25) is 4.79 Å². The van der Waals surface area contributed by atoms with Crippen molar-refractivity contribution in [3.8, 4) is 0 Å². The number of amides is 1. The summed E-state index contributed by atoms with van der Waals surface area (Å²) < 4.78 is 22.5. The van der Waals surface area contributed by atoms with Crippen molar-refractivity contribution in [2.75, 3.05) is 11.5 Å². The number of aromatic nitrogens is 1. The topological polar surface area (TPSA) is 76.1 Å². The molecule has 1 amide bonds. The lowest BCUT2D eigenvalue weighted by Crippen LogP contribution is -2.35. The molecule has 5 nitrogen and oxygen atoms in total. The fraction of sp³-hybridized carbons (Fsp3) is 0.400. The summed E-state index contributed by atoms with van der Waals surface area (Å²) in [6, 6.07) is 2.82. The van der Waals surface area contributed by atoms with Crippen LogP contribution in [0.5, 0.6) is 0 Å². The van der Waals surface area contributed by atoms with Crippen LogP contribution in [0.1, 0.15) is 16.8 Å². The van der Waals surface area contributed by atoms with Gasteiger partial charge in [0.25, 0.3) is 5.91 Å². The van der Waals surface area contributed by atoms with E-state index in [-0.39, 0.29) is 34.2 Å². The van der Waals surface area contributed by atoms with Crippen LogP contribution in [0.3, 0.4) is 0 Å². The van der Waals surface area contributed by atoms with Gasteiger partial charge in [0.2, 0.25) is 0 Å². The zero-order chi connectivity index (χ0) is 12.5. The number of carbonyl (C=O) groups excluding carboxylic acids is 1. The third-order valence-corrected chi connectivity index (χ3v) is 4.64. The average molecular weight is 275 g/mol. The van der Waals surface area contributed by atoms with Gasteiger partial charge in [-0.15, -0.1) is 0 Å². The summed E-state index contributed by atoms with van der Waals surface area (Å²) in [5.74, 6) is -0.264. The summed E-state index contributed by atoms with van der Waals surface area (Å²) in [5.41, 5.74) is 0.262. The number of pyridine rings is 1. The monoisotopic (exact) mass is 274 g/mol. The van der Waals surface area contributed by atoms with Crippen molar-refractivity contribution in [3.63, 3.8) is 0 Å². The minimum atomic E-state index is -3.00. The van der Waals surface area contributed by atoms with Crippen molar-refractivity contribution in [2.24, 2.45) is 0 Å². The SMILES string of the molecule is O=C(N[C@@H]1CCS(=O)(=O)C1)c1cccnc1Cl. The summed E-state index contributed by atoms with van der Waals surface area (Å²) in [7, 11) is -3.00. The quantitative estimate of drug-likeness (QED) is 0.804. The lowest BCUT2D eigenvalue weighted by Gasteiger charge is -2.10. The van der Waals surface area contributed by atoms with Gasteiger partial charge in [-0.1, -0.05) is 11.6 Å². The molecule has 17 heavy (non-hydrogen) atoms. The second-order valence-corrected chi connectivity index (χ2v) is 6.50. The first-order valence-electron chi connectivity index (χ1n) is 5.10. The van der Waals surface area contributed by atoms with E-state index in [2.05, 4.69) is 10.3 Å². The molecule has 92 valence electrons. The van der Waals surface area contributed by atoms with Gasteiger partial charge in [-0.2, -0.15) is 0 Å². The van der Waals surface area contributed by atoms with Crippen LogP contribution in [0.15, 0.2) is 18.3 Å². The van der Waals surface area contributed by atoms with Crippen molar-refractivity contribution < 1.29 is 13.2 Å². The van der Waals surface area contributed by atoms with Crippen LogP contribution >= 0.6 is 11.6 Å². The van der Waals surface area contributed by atoms with Gasteiger partial charge in [0.05, 0.1) is 17.1 Å². The van der Waals surface area contributed by atoms with Crippen molar-refractivity contribution in [1.82, 2.24) is 10.3 Å². The molecule has 0 aliphatic carbocycles. The molecule has 1 atom stereocenters. The molecule has 0 saturated carbocycles. The Kier molecular flexibility index (Phi) is 3.35. The van der Waals surface area contributed by atoms with E-state index in [1.165, 1.54) is 6.20 Å². The number of sulfone groups is 1. The molecule has 2 rings (SSSR count). The molecule has 0 unspecified atom stereocenters. The Morgan fingerprint density at radius 1 is 1.53 bits per heavy atom. The zero-order valence-corrected chi connectivity index (χ0v) is 10.5. The molecule has 1 fully saturated rings. The molecule has 1 N–H and O–H groups in total. The Bertz CT molecular complexity index is 544. The van der Waals surface area contributed by atoms with E-state index < -0.39 is 9.84 Å². The van der Waals surface area contributed by atoms with E-state index in [4.69, 9.17) is 11.6 Å². The van der Waals surface area contributed by atoms with E-state index >= 15 is 0 Å². The van der Waals surface area contributed by atoms with Crippen molar-refractivity contribution in [3.05, 3.63) is 29.0 Å². The fourth-order valence-corrected chi connectivity index (χ4v) is 3.61. The maximum absolute atomic E-state index is 11.8. The molecule has 0 aromatic carbocycles. The average Bonchev–Trinajstić information content (AvgIpc) is 2.58. The maximum atomic E-state index is 11.8. The number of hydrogen-bond acceptors (Lipinski definition) is 4. The van der Waals surface area contributed by atoms with Gasteiger partial charge in [0, 0.05) is 12.2 Å². The molecule has 1 aromatic rings. The molecule has 1 aliphatic heterocycles. The summed E-state index contributed by atoms with van der Waals surface area (Å²) in [5, 5.41) is 2.77. The highest BCUT2D eigenvalue weighted by Gasteiger charge is 2.29. The first-order valence-corrected chi connectivity index (χ1v) is 7.30. The lowest BCUT2D eigenvalue weighted by atomic mass is 10.2. The Morgan fingerprint density at radius 3 is 2.88 bits per heavy atom. The second-order valence-electron chi connectivity index (χ2n) is 3.92. The second kappa shape index (κ2) is 4.62. The zero-order valence-electron chi connectivity index (χ0n) is 8.89.